The lowest BCUT2D eigenvalue weighted by atomic mass is 9.76. The average molecular weight is 190 g/mol. The van der Waals surface area contributed by atoms with Crippen molar-refractivity contribution in [2.24, 2.45) is 5.41 Å². The van der Waals surface area contributed by atoms with E-state index in [9.17, 15) is 0 Å². The normalized spacial score (nSPS) is 24.9. The molecule has 1 nitrogen and oxygen atoms in total. The fraction of sp³-hybridized carbons (Fsp3) is 0.538. The van der Waals surface area contributed by atoms with Crippen LogP contribution >= 0.6 is 0 Å². The molecular weight excluding hydrogens is 172 g/mol. The molecule has 0 radical (unpaired) electrons. The fourth-order valence-electron chi connectivity index (χ4n) is 1.93. The van der Waals surface area contributed by atoms with Gasteiger partial charge in [0.25, 0.3) is 0 Å². The van der Waals surface area contributed by atoms with Crippen LogP contribution in [0.15, 0.2) is 24.3 Å². The van der Waals surface area contributed by atoms with E-state index in [0.717, 1.165) is 12.8 Å². The molecule has 76 valence electrons. The fourth-order valence-corrected chi connectivity index (χ4v) is 1.93. The third kappa shape index (κ3) is 3.05. The Bertz CT molecular complexity index is 278. The van der Waals surface area contributed by atoms with Crippen LogP contribution in [-0.2, 0) is 4.74 Å². The van der Waals surface area contributed by atoms with Crippen LogP contribution in [0.2, 0.25) is 0 Å². The first-order valence-electron chi connectivity index (χ1n) is 4.95. The molecule has 0 aromatic carbocycles. The summed E-state index contributed by atoms with van der Waals surface area (Å²) >= 11 is 0. The van der Waals surface area contributed by atoms with Crippen LogP contribution in [0.25, 0.3) is 0 Å². The van der Waals surface area contributed by atoms with Gasteiger partial charge in [0.15, 0.2) is 0 Å². The van der Waals surface area contributed by atoms with Crippen molar-refractivity contribution in [3.63, 3.8) is 0 Å². The minimum atomic E-state index is 0.155. The van der Waals surface area contributed by atoms with Crippen LogP contribution in [-0.4, -0.2) is 12.7 Å². The molecule has 1 heteroatoms. The highest BCUT2D eigenvalue weighted by molar-refractivity contribution is 5.22. The first-order valence-corrected chi connectivity index (χ1v) is 4.95. The van der Waals surface area contributed by atoms with Crippen LogP contribution in [0.5, 0.6) is 0 Å². The second-order valence-corrected chi connectivity index (χ2v) is 4.54. The predicted octanol–water partition coefficient (Wildman–Crippen LogP) is 2.94. The summed E-state index contributed by atoms with van der Waals surface area (Å²) in [6.45, 7) is 8.68. The summed E-state index contributed by atoms with van der Waals surface area (Å²) in [6, 6.07) is 0. The Morgan fingerprint density at radius 2 is 2.50 bits per heavy atom. The van der Waals surface area contributed by atoms with E-state index < -0.39 is 0 Å². The van der Waals surface area contributed by atoms with E-state index >= 15 is 0 Å². The van der Waals surface area contributed by atoms with Gasteiger partial charge in [-0.15, -0.1) is 6.42 Å². The molecule has 1 aliphatic rings. The standard InChI is InChI=1S/C13H18O/c1-5-7-14-12-8-11(6-2)9-13(3,4)10-12/h1,6,8,12H,2,7,9-10H2,3-4H3. The molecule has 1 unspecified atom stereocenters. The Labute approximate surface area is 86.8 Å². The minimum Gasteiger partial charge on any atom is -0.361 e. The Hall–Kier alpha value is -1.00. The van der Waals surface area contributed by atoms with Gasteiger partial charge in [-0.1, -0.05) is 38.5 Å². The molecule has 0 saturated carbocycles. The summed E-state index contributed by atoms with van der Waals surface area (Å²) in [7, 11) is 0. The van der Waals surface area contributed by atoms with Crippen molar-refractivity contribution >= 4 is 0 Å². The molecule has 0 aromatic rings. The molecule has 0 fully saturated rings. The quantitative estimate of drug-likeness (QED) is 0.622. The van der Waals surface area contributed by atoms with Gasteiger partial charge in [-0.2, -0.15) is 0 Å². The first-order chi connectivity index (χ1) is 6.57. The highest BCUT2D eigenvalue weighted by Gasteiger charge is 2.27. The molecule has 0 heterocycles. The van der Waals surface area contributed by atoms with Gasteiger partial charge in [0.2, 0.25) is 0 Å². The van der Waals surface area contributed by atoms with Crippen LogP contribution in [0, 0.1) is 17.8 Å². The number of terminal acetylenes is 1. The molecular formula is C13H18O. The molecule has 1 atom stereocenters. The van der Waals surface area contributed by atoms with E-state index in [-0.39, 0.29) is 11.5 Å². The van der Waals surface area contributed by atoms with Crippen molar-refractivity contribution in [1.29, 1.82) is 0 Å². The van der Waals surface area contributed by atoms with E-state index in [1.54, 1.807) is 0 Å². The van der Waals surface area contributed by atoms with Gasteiger partial charge in [0, 0.05) is 0 Å². The topological polar surface area (TPSA) is 9.23 Å². The zero-order valence-electron chi connectivity index (χ0n) is 9.05. The highest BCUT2D eigenvalue weighted by atomic mass is 16.5. The summed E-state index contributed by atoms with van der Waals surface area (Å²) in [5, 5.41) is 0. The van der Waals surface area contributed by atoms with E-state index in [0.29, 0.717) is 6.61 Å². The number of allylic oxidation sites excluding steroid dienone is 2. The van der Waals surface area contributed by atoms with Crippen molar-refractivity contribution in [2.75, 3.05) is 6.61 Å². The second kappa shape index (κ2) is 4.48. The number of hydrogen-bond donors (Lipinski definition) is 0. The van der Waals surface area contributed by atoms with Gasteiger partial charge in [-0.05, 0) is 23.8 Å². The van der Waals surface area contributed by atoms with Crippen LogP contribution in [0.1, 0.15) is 26.7 Å². The van der Waals surface area contributed by atoms with Crippen LogP contribution in [0.3, 0.4) is 0 Å². The maximum Gasteiger partial charge on any atom is 0.108 e. The van der Waals surface area contributed by atoms with Gasteiger partial charge < -0.3 is 4.74 Å². The van der Waals surface area contributed by atoms with Gasteiger partial charge >= 0.3 is 0 Å². The SMILES string of the molecule is C#CCOC1C=C(C=C)CC(C)(C)C1. The lowest BCUT2D eigenvalue weighted by Crippen LogP contribution is -2.26. The first kappa shape index (κ1) is 11.1. The molecule has 1 aliphatic carbocycles. The summed E-state index contributed by atoms with van der Waals surface area (Å²) in [5.74, 6) is 2.50. The molecule has 0 bridgehead atoms. The molecule has 14 heavy (non-hydrogen) atoms. The lowest BCUT2D eigenvalue weighted by Gasteiger charge is -2.33. The molecule has 0 saturated heterocycles. The monoisotopic (exact) mass is 190 g/mol. The number of ether oxygens (including phenoxy) is 1. The maximum atomic E-state index is 5.54. The number of rotatable bonds is 3. The highest BCUT2D eigenvalue weighted by Crippen LogP contribution is 2.36. The van der Waals surface area contributed by atoms with Crippen molar-refractivity contribution < 1.29 is 4.74 Å². The Kier molecular flexibility index (Phi) is 3.55. The minimum absolute atomic E-state index is 0.155. The summed E-state index contributed by atoms with van der Waals surface area (Å²) < 4.78 is 5.54. The van der Waals surface area contributed by atoms with Crippen molar-refractivity contribution in [3.8, 4) is 12.3 Å². The Morgan fingerprint density at radius 1 is 1.79 bits per heavy atom. The van der Waals surface area contributed by atoms with Gasteiger partial charge in [0.05, 0.1) is 6.10 Å². The zero-order valence-corrected chi connectivity index (χ0v) is 9.05. The van der Waals surface area contributed by atoms with E-state index in [1.807, 2.05) is 6.08 Å². The van der Waals surface area contributed by atoms with Crippen molar-refractivity contribution in [3.05, 3.63) is 24.3 Å². The molecule has 0 aliphatic heterocycles. The number of hydrogen-bond acceptors (Lipinski definition) is 1. The molecule has 0 aromatic heterocycles. The third-order valence-electron chi connectivity index (χ3n) is 2.48. The lowest BCUT2D eigenvalue weighted by molar-refractivity contribution is 0.0672. The van der Waals surface area contributed by atoms with Gasteiger partial charge in [-0.3, -0.25) is 0 Å². The van der Waals surface area contributed by atoms with Crippen LogP contribution < -0.4 is 0 Å². The third-order valence-corrected chi connectivity index (χ3v) is 2.48. The van der Waals surface area contributed by atoms with E-state index in [1.165, 1.54) is 5.57 Å². The second-order valence-electron chi connectivity index (χ2n) is 4.54. The Balaban J connectivity index is 2.68. The Morgan fingerprint density at radius 3 is 3.07 bits per heavy atom. The van der Waals surface area contributed by atoms with Crippen molar-refractivity contribution in [2.45, 2.75) is 32.8 Å². The average Bonchev–Trinajstić information content (AvgIpc) is 2.12. The van der Waals surface area contributed by atoms with E-state index in [4.69, 9.17) is 11.2 Å². The van der Waals surface area contributed by atoms with Crippen LogP contribution in [0.4, 0.5) is 0 Å². The molecule has 0 N–H and O–H groups in total. The molecule has 0 amide bonds. The summed E-state index contributed by atoms with van der Waals surface area (Å²) in [5.41, 5.74) is 1.56. The smallest absolute Gasteiger partial charge is 0.108 e. The summed E-state index contributed by atoms with van der Waals surface area (Å²) in [6.07, 6.45) is 11.5. The largest absolute Gasteiger partial charge is 0.361 e. The zero-order chi connectivity index (χ0) is 10.6. The van der Waals surface area contributed by atoms with Gasteiger partial charge in [-0.25, -0.2) is 0 Å². The predicted molar refractivity (Wildman–Crippen MR) is 59.9 cm³/mol. The van der Waals surface area contributed by atoms with E-state index in [2.05, 4.69) is 32.4 Å². The van der Waals surface area contributed by atoms with Crippen molar-refractivity contribution in [1.82, 2.24) is 0 Å². The molecule has 1 rings (SSSR count). The van der Waals surface area contributed by atoms with Gasteiger partial charge in [0.1, 0.15) is 6.61 Å². The summed E-state index contributed by atoms with van der Waals surface area (Å²) in [4.78, 5) is 0. The maximum absolute atomic E-state index is 5.54. The molecule has 0 spiro atoms.